The van der Waals surface area contributed by atoms with E-state index >= 15 is 0 Å². The summed E-state index contributed by atoms with van der Waals surface area (Å²) < 4.78 is 26.8. The first-order valence-corrected chi connectivity index (χ1v) is 12.8. The molecule has 0 aromatic heterocycles. The van der Waals surface area contributed by atoms with Crippen molar-refractivity contribution in [2.75, 3.05) is 13.1 Å². The van der Waals surface area contributed by atoms with E-state index in [1.54, 1.807) is 24.3 Å². The maximum Gasteiger partial charge on any atom is 0.243 e. The minimum atomic E-state index is -3.42. The average Bonchev–Trinajstić information content (AvgIpc) is 2.81. The van der Waals surface area contributed by atoms with Gasteiger partial charge < -0.3 is 0 Å². The number of hydrogen-bond donors (Lipinski definition) is 0. The highest BCUT2D eigenvalue weighted by Gasteiger charge is 2.31. The highest BCUT2D eigenvalue weighted by molar-refractivity contribution is 7.89. The number of allylic oxidation sites excluding steroid dienone is 1. The average molecular weight is 336 g/mol. The Balaban J connectivity index is 2.11. The fourth-order valence-corrected chi connectivity index (χ4v) is 4.92. The Hall–Kier alpha value is -1.17. The first-order chi connectivity index (χ1) is 10.2. The molecule has 0 aliphatic carbocycles. The number of rotatable bonds is 5. The highest BCUT2D eigenvalue weighted by Crippen LogP contribution is 2.27. The predicted octanol–water partition coefficient (Wildman–Crippen LogP) is 3.90. The van der Waals surface area contributed by atoms with Crippen molar-refractivity contribution < 1.29 is 8.42 Å². The van der Waals surface area contributed by atoms with Gasteiger partial charge in [0.05, 0.1) is 4.90 Å². The van der Waals surface area contributed by atoms with E-state index in [-0.39, 0.29) is 0 Å². The second-order valence-corrected chi connectivity index (χ2v) is 14.6. The van der Waals surface area contributed by atoms with Gasteiger partial charge in [-0.2, -0.15) is 4.31 Å². The summed E-state index contributed by atoms with van der Waals surface area (Å²) in [4.78, 5) is 0.353. The third-order valence-corrected chi connectivity index (χ3v) is 7.43. The van der Waals surface area contributed by atoms with Crippen LogP contribution in [0.1, 0.15) is 6.42 Å². The summed E-state index contributed by atoms with van der Waals surface area (Å²) in [5.74, 6) is 0. The van der Waals surface area contributed by atoms with E-state index < -0.39 is 18.1 Å². The summed E-state index contributed by atoms with van der Waals surface area (Å²) in [6.07, 6.45) is 3.20. The van der Waals surface area contributed by atoms with Gasteiger partial charge in [-0.1, -0.05) is 56.5 Å². The fourth-order valence-electron chi connectivity index (χ4n) is 2.47. The molecule has 0 saturated carbocycles. The molecule has 1 aliphatic rings. The molecule has 2 rings (SSSR count). The molecule has 0 amide bonds. The van der Waals surface area contributed by atoms with Crippen molar-refractivity contribution in [3.05, 3.63) is 54.1 Å². The molecule has 1 heterocycles. The Bertz CT molecular complexity index is 672. The van der Waals surface area contributed by atoms with E-state index in [0.29, 0.717) is 18.0 Å². The van der Waals surface area contributed by atoms with Crippen LogP contribution in [0.2, 0.25) is 25.7 Å². The molecule has 0 N–H and O–H groups in total. The lowest BCUT2D eigenvalue weighted by Crippen LogP contribution is -2.28. The van der Waals surface area contributed by atoms with E-state index in [4.69, 9.17) is 0 Å². The zero-order valence-corrected chi connectivity index (χ0v) is 15.5. The summed E-state index contributed by atoms with van der Waals surface area (Å²) in [6.45, 7) is 11.9. The van der Waals surface area contributed by atoms with Crippen LogP contribution in [0.5, 0.6) is 0 Å². The number of hydrogen-bond acceptors (Lipinski definition) is 2. The van der Waals surface area contributed by atoms with Crippen LogP contribution in [0.3, 0.4) is 0 Å². The Labute approximate surface area is 135 Å². The summed E-state index contributed by atoms with van der Waals surface area (Å²) >= 11 is 0. The van der Waals surface area contributed by atoms with Gasteiger partial charge in [-0.3, -0.25) is 0 Å². The van der Waals surface area contributed by atoms with Crippen LogP contribution in [0, 0.1) is 0 Å². The van der Waals surface area contributed by atoms with Crippen LogP contribution in [0.25, 0.3) is 0 Å². The molecule has 0 spiro atoms. The molecule has 1 fully saturated rings. The van der Waals surface area contributed by atoms with Crippen LogP contribution >= 0.6 is 0 Å². The molecule has 120 valence electrons. The van der Waals surface area contributed by atoms with Crippen molar-refractivity contribution in [3.63, 3.8) is 0 Å². The van der Waals surface area contributed by atoms with Crippen LogP contribution < -0.4 is 0 Å². The van der Waals surface area contributed by atoms with E-state index in [1.807, 2.05) is 6.07 Å². The Morgan fingerprint density at radius 2 is 1.82 bits per heavy atom. The Kier molecular flexibility index (Phi) is 5.09. The van der Waals surface area contributed by atoms with Crippen LogP contribution in [0.15, 0.2) is 59.0 Å². The minimum Gasteiger partial charge on any atom is -0.207 e. The van der Waals surface area contributed by atoms with Crippen molar-refractivity contribution in [1.82, 2.24) is 4.31 Å². The molecule has 1 aliphatic heterocycles. The van der Waals surface area contributed by atoms with Gasteiger partial charge >= 0.3 is 0 Å². The molecule has 0 radical (unpaired) electrons. The predicted molar refractivity (Wildman–Crippen MR) is 95.2 cm³/mol. The summed E-state index contributed by atoms with van der Waals surface area (Å²) in [7, 11) is -4.48. The molecule has 3 nitrogen and oxygen atoms in total. The lowest BCUT2D eigenvalue weighted by atomic mass is 10.1. The molecule has 1 aromatic carbocycles. The van der Waals surface area contributed by atoms with Gasteiger partial charge in [0.2, 0.25) is 10.0 Å². The second-order valence-electron chi connectivity index (χ2n) is 7.02. The van der Waals surface area contributed by atoms with Crippen molar-refractivity contribution >= 4 is 18.1 Å². The van der Waals surface area contributed by atoms with Crippen molar-refractivity contribution in [2.24, 2.45) is 0 Å². The minimum absolute atomic E-state index is 0.353. The molecule has 5 heteroatoms. The number of sulfonamides is 1. The van der Waals surface area contributed by atoms with Crippen molar-refractivity contribution in [2.45, 2.75) is 37.0 Å². The van der Waals surface area contributed by atoms with Gasteiger partial charge in [-0.25, -0.2) is 8.42 Å². The van der Waals surface area contributed by atoms with Gasteiger partial charge in [-0.15, -0.1) is 0 Å². The molecule has 0 unspecified atom stereocenters. The van der Waals surface area contributed by atoms with Crippen molar-refractivity contribution in [1.29, 1.82) is 0 Å². The zero-order valence-electron chi connectivity index (χ0n) is 13.7. The SMILES string of the molecule is C=C1CN(S(=O)(=O)c2ccccc2)C/C1=C\CC[Si](C)(C)C. The molecular weight excluding hydrogens is 310 g/mol. The summed E-state index contributed by atoms with van der Waals surface area (Å²) in [6, 6.07) is 9.83. The van der Waals surface area contributed by atoms with Crippen LogP contribution in [-0.4, -0.2) is 33.9 Å². The Morgan fingerprint density at radius 1 is 1.18 bits per heavy atom. The second kappa shape index (κ2) is 6.52. The maximum absolute atomic E-state index is 12.6. The standard InChI is InChI=1S/C17H25NO2SSi/c1-15-13-18(14-16(15)9-8-12-22(2,3)4)21(19,20)17-10-6-5-7-11-17/h5-7,9-11H,1,8,12-14H2,2-4H3/b16-9+. The Morgan fingerprint density at radius 3 is 2.41 bits per heavy atom. The maximum atomic E-state index is 12.6. The smallest absolute Gasteiger partial charge is 0.207 e. The van der Waals surface area contributed by atoms with Crippen LogP contribution in [-0.2, 0) is 10.0 Å². The van der Waals surface area contributed by atoms with E-state index in [9.17, 15) is 8.42 Å². The molecule has 0 atom stereocenters. The fraction of sp³-hybridized carbons (Fsp3) is 0.412. The van der Waals surface area contributed by atoms with Gasteiger partial charge in [0, 0.05) is 21.2 Å². The van der Waals surface area contributed by atoms with E-state index in [0.717, 1.165) is 17.6 Å². The number of benzene rings is 1. The van der Waals surface area contributed by atoms with Gasteiger partial charge in [-0.05, 0) is 29.7 Å². The van der Waals surface area contributed by atoms with E-state index in [1.165, 1.54) is 10.3 Å². The zero-order chi connectivity index (χ0) is 16.4. The molecule has 0 bridgehead atoms. The first-order valence-electron chi connectivity index (χ1n) is 7.62. The van der Waals surface area contributed by atoms with Crippen LogP contribution in [0.4, 0.5) is 0 Å². The quantitative estimate of drug-likeness (QED) is 0.765. The van der Waals surface area contributed by atoms with Gasteiger partial charge in [0.25, 0.3) is 0 Å². The summed E-state index contributed by atoms with van der Waals surface area (Å²) in [5, 5.41) is 0. The summed E-state index contributed by atoms with van der Waals surface area (Å²) in [5.41, 5.74) is 2.01. The third-order valence-electron chi connectivity index (χ3n) is 3.83. The van der Waals surface area contributed by atoms with Crippen molar-refractivity contribution in [3.8, 4) is 0 Å². The topological polar surface area (TPSA) is 37.4 Å². The van der Waals surface area contributed by atoms with E-state index in [2.05, 4.69) is 32.3 Å². The highest BCUT2D eigenvalue weighted by atomic mass is 32.2. The molecule has 1 aromatic rings. The third kappa shape index (κ3) is 4.18. The normalized spacial score (nSPS) is 19.0. The monoisotopic (exact) mass is 335 g/mol. The van der Waals surface area contributed by atoms with Gasteiger partial charge in [0.15, 0.2) is 0 Å². The number of nitrogens with zero attached hydrogens (tertiary/aromatic N) is 1. The molecule has 1 saturated heterocycles. The first kappa shape index (κ1) is 17.2. The lowest BCUT2D eigenvalue weighted by molar-refractivity contribution is 0.489. The van der Waals surface area contributed by atoms with Gasteiger partial charge in [0.1, 0.15) is 0 Å². The lowest BCUT2D eigenvalue weighted by Gasteiger charge is -2.15. The molecular formula is C17H25NO2SSi. The molecule has 22 heavy (non-hydrogen) atoms. The largest absolute Gasteiger partial charge is 0.243 e.